The summed E-state index contributed by atoms with van der Waals surface area (Å²) in [6.07, 6.45) is 1.84. The summed E-state index contributed by atoms with van der Waals surface area (Å²) < 4.78 is 12.8. The van der Waals surface area contributed by atoms with Gasteiger partial charge in [0.05, 0.1) is 24.9 Å². The molecule has 166 valence electrons. The highest BCUT2D eigenvalue weighted by atomic mass is 16.5. The molecule has 0 bridgehead atoms. The Labute approximate surface area is 192 Å². The highest BCUT2D eigenvalue weighted by Crippen LogP contribution is 2.30. The van der Waals surface area contributed by atoms with Crippen molar-refractivity contribution in [1.82, 2.24) is 19.7 Å². The van der Waals surface area contributed by atoms with E-state index in [1.54, 1.807) is 7.11 Å². The highest BCUT2D eigenvalue weighted by molar-refractivity contribution is 5.81. The number of anilines is 1. The SMILES string of the molecule is COc1ccc(CNc2nc3ncc(-c4c(C)noc4C)cc3n2Cc2ccccc2)cc1. The van der Waals surface area contributed by atoms with Gasteiger partial charge in [0, 0.05) is 23.9 Å². The number of nitrogens with zero attached hydrogens (tertiary/aromatic N) is 4. The van der Waals surface area contributed by atoms with Crippen LogP contribution in [0.15, 0.2) is 71.4 Å². The molecule has 0 radical (unpaired) electrons. The molecule has 0 saturated heterocycles. The first kappa shape index (κ1) is 20.8. The lowest BCUT2D eigenvalue weighted by Gasteiger charge is -2.12. The van der Waals surface area contributed by atoms with Crippen molar-refractivity contribution in [3.63, 3.8) is 0 Å². The first-order valence-electron chi connectivity index (χ1n) is 10.8. The molecule has 3 heterocycles. The van der Waals surface area contributed by atoms with Gasteiger partial charge in [-0.2, -0.15) is 4.98 Å². The lowest BCUT2D eigenvalue weighted by molar-refractivity contribution is 0.393. The average Bonchev–Trinajstić information content (AvgIpc) is 3.37. The summed E-state index contributed by atoms with van der Waals surface area (Å²) >= 11 is 0. The monoisotopic (exact) mass is 439 g/mol. The molecule has 0 aliphatic rings. The average molecular weight is 440 g/mol. The predicted octanol–water partition coefficient (Wildman–Crippen LogP) is 5.37. The minimum atomic E-state index is 0.638. The minimum absolute atomic E-state index is 0.638. The maximum atomic E-state index is 5.38. The number of rotatable bonds is 7. The van der Waals surface area contributed by atoms with Gasteiger partial charge in [0.25, 0.3) is 0 Å². The molecule has 0 atom stereocenters. The number of benzene rings is 2. The van der Waals surface area contributed by atoms with Crippen molar-refractivity contribution >= 4 is 17.1 Å². The Hall–Kier alpha value is -4.13. The molecule has 0 aliphatic carbocycles. The van der Waals surface area contributed by atoms with Crippen LogP contribution in [0, 0.1) is 13.8 Å². The fourth-order valence-electron chi connectivity index (χ4n) is 4.02. The molecule has 7 heteroatoms. The zero-order valence-corrected chi connectivity index (χ0v) is 18.9. The molecule has 1 N–H and O–H groups in total. The van der Waals surface area contributed by atoms with E-state index in [2.05, 4.69) is 38.2 Å². The van der Waals surface area contributed by atoms with Crippen LogP contribution in [0.5, 0.6) is 5.75 Å². The molecule has 0 aliphatic heterocycles. The Morgan fingerprint density at radius 1 is 1.00 bits per heavy atom. The molecule has 7 nitrogen and oxygen atoms in total. The van der Waals surface area contributed by atoms with E-state index in [1.165, 1.54) is 5.56 Å². The molecule has 3 aromatic heterocycles. The molecule has 0 fully saturated rings. The summed E-state index contributed by atoms with van der Waals surface area (Å²) in [5, 5.41) is 7.59. The summed E-state index contributed by atoms with van der Waals surface area (Å²) in [7, 11) is 1.67. The predicted molar refractivity (Wildman–Crippen MR) is 128 cm³/mol. The standard InChI is InChI=1S/C26H25N5O2/c1-17-24(18(2)33-30-17)21-13-23-25(27-15-21)29-26(31(23)16-20-7-5-4-6-8-20)28-14-19-9-11-22(32-3)12-10-19/h4-13,15H,14,16H2,1-3H3,(H,27,28,29). The first-order valence-corrected chi connectivity index (χ1v) is 10.8. The molecule has 0 spiro atoms. The van der Waals surface area contributed by atoms with Crippen LogP contribution < -0.4 is 10.1 Å². The minimum Gasteiger partial charge on any atom is -0.497 e. The van der Waals surface area contributed by atoms with Crippen LogP contribution in [0.4, 0.5) is 5.95 Å². The summed E-state index contributed by atoms with van der Waals surface area (Å²) in [6, 6.07) is 20.5. The van der Waals surface area contributed by atoms with Gasteiger partial charge in [-0.3, -0.25) is 0 Å². The van der Waals surface area contributed by atoms with Crippen molar-refractivity contribution < 1.29 is 9.26 Å². The van der Waals surface area contributed by atoms with Crippen LogP contribution in [0.25, 0.3) is 22.3 Å². The molecule has 0 amide bonds. The third-order valence-electron chi connectivity index (χ3n) is 5.72. The Balaban J connectivity index is 1.54. The number of nitrogens with one attached hydrogen (secondary N) is 1. The maximum Gasteiger partial charge on any atom is 0.206 e. The zero-order chi connectivity index (χ0) is 22.8. The smallest absolute Gasteiger partial charge is 0.206 e. The number of ether oxygens (including phenoxy) is 1. The van der Waals surface area contributed by atoms with Crippen molar-refractivity contribution in [2.24, 2.45) is 0 Å². The molecule has 2 aromatic carbocycles. The number of fused-ring (bicyclic) bond motifs is 1. The van der Waals surface area contributed by atoms with Gasteiger partial charge < -0.3 is 19.1 Å². The largest absolute Gasteiger partial charge is 0.497 e. The van der Waals surface area contributed by atoms with Gasteiger partial charge in [-0.05, 0) is 43.2 Å². The summed E-state index contributed by atoms with van der Waals surface area (Å²) in [5.41, 5.74) is 6.76. The number of pyridine rings is 1. The first-order chi connectivity index (χ1) is 16.1. The second kappa shape index (κ2) is 8.78. The van der Waals surface area contributed by atoms with Crippen molar-refractivity contribution in [1.29, 1.82) is 0 Å². The number of imidazole rings is 1. The number of aromatic nitrogens is 4. The second-order valence-electron chi connectivity index (χ2n) is 7.97. The Morgan fingerprint density at radius 3 is 2.48 bits per heavy atom. The fraction of sp³-hybridized carbons (Fsp3) is 0.192. The van der Waals surface area contributed by atoms with Crippen LogP contribution in [0.1, 0.15) is 22.6 Å². The van der Waals surface area contributed by atoms with Crippen LogP contribution in [-0.4, -0.2) is 26.8 Å². The van der Waals surface area contributed by atoms with Gasteiger partial charge in [0.15, 0.2) is 5.65 Å². The van der Waals surface area contributed by atoms with Gasteiger partial charge in [-0.25, -0.2) is 4.98 Å². The lowest BCUT2D eigenvalue weighted by Crippen LogP contribution is -2.08. The van der Waals surface area contributed by atoms with E-state index in [9.17, 15) is 0 Å². The second-order valence-corrected chi connectivity index (χ2v) is 7.97. The highest BCUT2D eigenvalue weighted by Gasteiger charge is 2.17. The van der Waals surface area contributed by atoms with Gasteiger partial charge in [-0.1, -0.05) is 47.6 Å². The molecule has 0 unspecified atom stereocenters. The molecule has 5 aromatic rings. The van der Waals surface area contributed by atoms with Gasteiger partial charge in [0.1, 0.15) is 11.5 Å². The lowest BCUT2D eigenvalue weighted by atomic mass is 10.1. The zero-order valence-electron chi connectivity index (χ0n) is 18.9. The van der Waals surface area contributed by atoms with Gasteiger partial charge in [0.2, 0.25) is 5.95 Å². The summed E-state index contributed by atoms with van der Waals surface area (Å²) in [4.78, 5) is 9.46. The van der Waals surface area contributed by atoms with Crippen molar-refractivity contribution in [3.8, 4) is 16.9 Å². The van der Waals surface area contributed by atoms with E-state index in [1.807, 2.05) is 62.5 Å². The van der Waals surface area contributed by atoms with E-state index in [0.717, 1.165) is 45.4 Å². The quantitative estimate of drug-likeness (QED) is 0.367. The topological polar surface area (TPSA) is 78.0 Å². The normalized spacial score (nSPS) is 11.1. The van der Waals surface area contributed by atoms with E-state index < -0.39 is 0 Å². The van der Waals surface area contributed by atoms with Crippen LogP contribution in [-0.2, 0) is 13.1 Å². The molecule has 0 saturated carbocycles. The van der Waals surface area contributed by atoms with Crippen LogP contribution in [0.2, 0.25) is 0 Å². The Morgan fingerprint density at radius 2 is 1.79 bits per heavy atom. The van der Waals surface area contributed by atoms with Crippen molar-refractivity contribution in [2.75, 3.05) is 12.4 Å². The van der Waals surface area contributed by atoms with Crippen molar-refractivity contribution in [2.45, 2.75) is 26.9 Å². The van der Waals surface area contributed by atoms with Gasteiger partial charge in [-0.15, -0.1) is 0 Å². The number of aryl methyl sites for hydroxylation is 2. The van der Waals surface area contributed by atoms with Crippen LogP contribution >= 0.6 is 0 Å². The molecular formula is C26H25N5O2. The summed E-state index contributed by atoms with van der Waals surface area (Å²) in [5.74, 6) is 2.39. The third kappa shape index (κ3) is 4.17. The molecule has 5 rings (SSSR count). The van der Waals surface area contributed by atoms with E-state index in [4.69, 9.17) is 14.2 Å². The maximum absolute atomic E-state index is 5.38. The van der Waals surface area contributed by atoms with Crippen LogP contribution in [0.3, 0.4) is 0 Å². The van der Waals surface area contributed by atoms with E-state index in [0.29, 0.717) is 18.7 Å². The third-order valence-corrected chi connectivity index (χ3v) is 5.72. The Kier molecular flexibility index (Phi) is 5.52. The number of hydrogen-bond donors (Lipinski definition) is 1. The Bertz CT molecular complexity index is 1370. The number of methoxy groups -OCH3 is 1. The summed E-state index contributed by atoms with van der Waals surface area (Å²) in [6.45, 7) is 5.18. The van der Waals surface area contributed by atoms with E-state index in [-0.39, 0.29) is 0 Å². The fourth-order valence-corrected chi connectivity index (χ4v) is 4.02. The van der Waals surface area contributed by atoms with Crippen molar-refractivity contribution in [3.05, 3.63) is 89.4 Å². The van der Waals surface area contributed by atoms with E-state index >= 15 is 0 Å². The molecular weight excluding hydrogens is 414 g/mol. The molecule has 33 heavy (non-hydrogen) atoms. The number of hydrogen-bond acceptors (Lipinski definition) is 6. The van der Waals surface area contributed by atoms with Gasteiger partial charge >= 0.3 is 0 Å².